The molecule has 1 N–H and O–H groups in total. The molecule has 0 atom stereocenters. The number of benzene rings is 2. The molecule has 0 spiro atoms. The Labute approximate surface area is 139 Å². The van der Waals surface area contributed by atoms with Crippen LogP contribution in [0.1, 0.15) is 11.1 Å². The number of carbonyl (C=O) groups excluding carboxylic acids is 1. The van der Waals surface area contributed by atoms with Gasteiger partial charge in [-0.3, -0.25) is 4.79 Å². The van der Waals surface area contributed by atoms with Gasteiger partial charge in [0.15, 0.2) is 0 Å². The van der Waals surface area contributed by atoms with Crippen molar-refractivity contribution in [2.45, 2.75) is 0 Å². The summed E-state index contributed by atoms with van der Waals surface area (Å²) in [5, 5.41) is 3.94. The van der Waals surface area contributed by atoms with Crippen LogP contribution in [-0.4, -0.2) is 5.91 Å². The molecular formula is C15H8Cl2INO. The van der Waals surface area contributed by atoms with Crippen LogP contribution in [0.15, 0.2) is 36.4 Å². The lowest BCUT2D eigenvalue weighted by molar-refractivity contribution is -0.110. The normalized spacial score (nSPS) is 15.3. The Morgan fingerprint density at radius 3 is 2.65 bits per heavy atom. The zero-order valence-electron chi connectivity index (χ0n) is 10.1. The van der Waals surface area contributed by atoms with Crippen LogP contribution in [0, 0.1) is 3.57 Å². The lowest BCUT2D eigenvalue weighted by Crippen LogP contribution is -2.03. The first kappa shape index (κ1) is 13.9. The molecule has 2 nitrogen and oxygen atoms in total. The zero-order chi connectivity index (χ0) is 14.3. The van der Waals surface area contributed by atoms with Gasteiger partial charge in [-0.15, -0.1) is 0 Å². The van der Waals surface area contributed by atoms with E-state index < -0.39 is 0 Å². The summed E-state index contributed by atoms with van der Waals surface area (Å²) in [6.07, 6.45) is 1.79. The summed E-state index contributed by atoms with van der Waals surface area (Å²) in [7, 11) is 0. The highest BCUT2D eigenvalue weighted by Gasteiger charge is 2.24. The average molecular weight is 416 g/mol. The lowest BCUT2D eigenvalue weighted by Gasteiger charge is -2.02. The first-order chi connectivity index (χ1) is 9.54. The van der Waals surface area contributed by atoms with Crippen LogP contribution in [0.4, 0.5) is 5.69 Å². The van der Waals surface area contributed by atoms with Crippen LogP contribution in [0.25, 0.3) is 11.6 Å². The molecule has 0 bridgehead atoms. The summed E-state index contributed by atoms with van der Waals surface area (Å²) in [5.41, 5.74) is 3.11. The molecule has 1 aliphatic heterocycles. The number of hydrogen-bond acceptors (Lipinski definition) is 1. The molecule has 0 aliphatic carbocycles. The minimum absolute atomic E-state index is 0.118. The van der Waals surface area contributed by atoms with E-state index in [1.807, 2.05) is 18.2 Å². The molecule has 100 valence electrons. The van der Waals surface area contributed by atoms with Crippen molar-refractivity contribution >= 4 is 69.0 Å². The number of hydrogen-bond donors (Lipinski definition) is 1. The third-order valence-electron chi connectivity index (χ3n) is 3.03. The monoisotopic (exact) mass is 415 g/mol. The first-order valence-corrected chi connectivity index (χ1v) is 7.66. The van der Waals surface area contributed by atoms with Gasteiger partial charge in [0, 0.05) is 30.4 Å². The Bertz CT molecular complexity index is 756. The van der Waals surface area contributed by atoms with Gasteiger partial charge in [-0.25, -0.2) is 0 Å². The van der Waals surface area contributed by atoms with E-state index in [2.05, 4.69) is 27.9 Å². The fraction of sp³-hybridized carbons (Fsp3) is 0. The van der Waals surface area contributed by atoms with Gasteiger partial charge in [-0.05, 0) is 64.6 Å². The van der Waals surface area contributed by atoms with E-state index in [1.165, 1.54) is 0 Å². The largest absolute Gasteiger partial charge is 0.321 e. The summed E-state index contributed by atoms with van der Waals surface area (Å²) in [5.74, 6) is -0.118. The van der Waals surface area contributed by atoms with Crippen molar-refractivity contribution in [2.75, 3.05) is 5.32 Å². The number of carbonyl (C=O) groups is 1. The highest BCUT2D eigenvalue weighted by Crippen LogP contribution is 2.35. The van der Waals surface area contributed by atoms with Crippen molar-refractivity contribution in [3.05, 3.63) is 61.1 Å². The second kappa shape index (κ2) is 5.39. The van der Waals surface area contributed by atoms with Crippen LogP contribution in [-0.2, 0) is 4.79 Å². The third kappa shape index (κ3) is 2.57. The molecule has 0 aromatic heterocycles. The number of fused-ring (bicyclic) bond motifs is 1. The van der Waals surface area contributed by atoms with Crippen LogP contribution < -0.4 is 5.32 Å². The van der Waals surface area contributed by atoms with Crippen LogP contribution in [0.2, 0.25) is 10.0 Å². The highest BCUT2D eigenvalue weighted by molar-refractivity contribution is 14.1. The predicted molar refractivity (Wildman–Crippen MR) is 92.1 cm³/mol. The molecule has 0 saturated carbocycles. The molecule has 2 aromatic carbocycles. The molecule has 0 fully saturated rings. The molecule has 0 radical (unpaired) electrons. The van der Waals surface area contributed by atoms with E-state index in [-0.39, 0.29) is 5.91 Å². The Morgan fingerprint density at radius 1 is 1.10 bits per heavy atom. The van der Waals surface area contributed by atoms with Gasteiger partial charge >= 0.3 is 0 Å². The SMILES string of the molecule is O=C1Nc2ccc(I)cc2C1=Cc1ccc(Cl)cc1Cl. The number of rotatable bonds is 1. The van der Waals surface area contributed by atoms with Gasteiger partial charge in [0.25, 0.3) is 5.91 Å². The minimum atomic E-state index is -0.118. The molecule has 3 rings (SSSR count). The van der Waals surface area contributed by atoms with Gasteiger partial charge in [0.1, 0.15) is 0 Å². The Kier molecular flexibility index (Phi) is 3.75. The van der Waals surface area contributed by atoms with Crippen molar-refractivity contribution < 1.29 is 4.79 Å². The maximum Gasteiger partial charge on any atom is 0.256 e. The molecule has 5 heteroatoms. The van der Waals surface area contributed by atoms with Crippen molar-refractivity contribution in [3.8, 4) is 0 Å². The number of anilines is 1. The molecule has 2 aromatic rings. The highest BCUT2D eigenvalue weighted by atomic mass is 127. The van der Waals surface area contributed by atoms with E-state index in [4.69, 9.17) is 23.2 Å². The fourth-order valence-electron chi connectivity index (χ4n) is 2.08. The van der Waals surface area contributed by atoms with Gasteiger partial charge in [0.2, 0.25) is 0 Å². The van der Waals surface area contributed by atoms with Crippen molar-refractivity contribution in [3.63, 3.8) is 0 Å². The number of amides is 1. The minimum Gasteiger partial charge on any atom is -0.321 e. The maximum absolute atomic E-state index is 12.1. The van der Waals surface area contributed by atoms with Crippen molar-refractivity contribution in [1.29, 1.82) is 0 Å². The average Bonchev–Trinajstić information content (AvgIpc) is 2.69. The second-order valence-corrected chi connectivity index (χ2v) is 6.46. The van der Waals surface area contributed by atoms with Crippen molar-refractivity contribution in [1.82, 2.24) is 0 Å². The van der Waals surface area contributed by atoms with E-state index in [0.717, 1.165) is 20.4 Å². The summed E-state index contributed by atoms with van der Waals surface area (Å²) < 4.78 is 1.07. The van der Waals surface area contributed by atoms with Gasteiger partial charge in [-0.2, -0.15) is 0 Å². The molecular weight excluding hydrogens is 408 g/mol. The van der Waals surface area contributed by atoms with E-state index in [1.54, 1.807) is 24.3 Å². The van der Waals surface area contributed by atoms with Gasteiger partial charge in [-0.1, -0.05) is 29.3 Å². The third-order valence-corrected chi connectivity index (χ3v) is 4.26. The van der Waals surface area contributed by atoms with Crippen LogP contribution in [0.5, 0.6) is 0 Å². The summed E-state index contributed by atoms with van der Waals surface area (Å²) in [6.45, 7) is 0. The van der Waals surface area contributed by atoms with E-state index in [0.29, 0.717) is 15.6 Å². The Balaban J connectivity index is 2.13. The molecule has 1 heterocycles. The standard InChI is InChI=1S/C15H8Cl2INO/c16-9-2-1-8(13(17)6-9)5-12-11-7-10(18)3-4-14(11)19-15(12)20/h1-7H,(H,19,20). The maximum atomic E-state index is 12.1. The van der Waals surface area contributed by atoms with E-state index >= 15 is 0 Å². The molecule has 1 amide bonds. The molecule has 0 saturated heterocycles. The first-order valence-electron chi connectivity index (χ1n) is 5.82. The molecule has 20 heavy (non-hydrogen) atoms. The predicted octanol–water partition coefficient (Wildman–Crippen LogP) is 5.09. The smallest absolute Gasteiger partial charge is 0.256 e. The quantitative estimate of drug-likeness (QED) is 0.510. The Hall–Kier alpha value is -1.04. The van der Waals surface area contributed by atoms with Gasteiger partial charge in [0.05, 0.1) is 0 Å². The number of halogens is 3. The topological polar surface area (TPSA) is 29.1 Å². The molecule has 1 aliphatic rings. The van der Waals surface area contributed by atoms with Crippen molar-refractivity contribution in [2.24, 2.45) is 0 Å². The second-order valence-electron chi connectivity index (χ2n) is 4.37. The van der Waals surface area contributed by atoms with Crippen LogP contribution >= 0.6 is 45.8 Å². The summed E-state index contributed by atoms with van der Waals surface area (Å²) in [4.78, 5) is 12.1. The lowest BCUT2D eigenvalue weighted by atomic mass is 10.0. The number of nitrogens with one attached hydrogen (secondary N) is 1. The summed E-state index contributed by atoms with van der Waals surface area (Å²) in [6, 6.07) is 11.1. The van der Waals surface area contributed by atoms with Crippen LogP contribution in [0.3, 0.4) is 0 Å². The zero-order valence-corrected chi connectivity index (χ0v) is 13.8. The summed E-state index contributed by atoms with van der Waals surface area (Å²) >= 11 is 14.3. The Morgan fingerprint density at radius 2 is 1.90 bits per heavy atom. The van der Waals surface area contributed by atoms with E-state index in [9.17, 15) is 4.79 Å². The van der Waals surface area contributed by atoms with Gasteiger partial charge < -0.3 is 5.32 Å². The fourth-order valence-corrected chi connectivity index (χ4v) is 3.03. The molecule has 0 unspecified atom stereocenters.